The van der Waals surface area contributed by atoms with E-state index in [4.69, 9.17) is 18.6 Å². The van der Waals surface area contributed by atoms with E-state index in [1.807, 2.05) is 6.07 Å². The summed E-state index contributed by atoms with van der Waals surface area (Å²) in [6.45, 7) is 0. The lowest BCUT2D eigenvalue weighted by molar-refractivity contribution is -0.135. The third-order valence-corrected chi connectivity index (χ3v) is 5.96. The summed E-state index contributed by atoms with van der Waals surface area (Å²) >= 11 is 0. The molecule has 4 aromatic rings. The summed E-state index contributed by atoms with van der Waals surface area (Å²) in [7, 11) is 2.80. The van der Waals surface area contributed by atoms with Crippen molar-refractivity contribution in [3.8, 4) is 39.9 Å². The molecule has 2 heterocycles. The second kappa shape index (κ2) is 8.15. The number of esters is 1. The minimum absolute atomic E-state index is 0.0132. The number of benzene rings is 3. The summed E-state index contributed by atoms with van der Waals surface area (Å²) in [4.78, 5) is 25.8. The van der Waals surface area contributed by atoms with Gasteiger partial charge in [0.15, 0.2) is 11.5 Å². The highest BCUT2D eigenvalue weighted by molar-refractivity contribution is 5.94. The molecule has 0 aliphatic carbocycles. The van der Waals surface area contributed by atoms with Gasteiger partial charge in [-0.3, -0.25) is 9.59 Å². The Morgan fingerprint density at radius 2 is 1.65 bits per heavy atom. The van der Waals surface area contributed by atoms with Crippen molar-refractivity contribution in [3.05, 3.63) is 76.1 Å². The molecule has 8 heteroatoms. The van der Waals surface area contributed by atoms with Crippen LogP contribution in [0.25, 0.3) is 22.1 Å². The maximum absolute atomic E-state index is 13.4. The largest absolute Gasteiger partial charge is 0.507 e. The van der Waals surface area contributed by atoms with Gasteiger partial charge in [0.2, 0.25) is 11.2 Å². The van der Waals surface area contributed by atoms with Crippen LogP contribution in [0.15, 0.2) is 64.0 Å². The van der Waals surface area contributed by atoms with E-state index in [9.17, 15) is 19.8 Å². The molecule has 8 nitrogen and oxygen atoms in total. The van der Waals surface area contributed by atoms with Crippen LogP contribution in [-0.4, -0.2) is 30.4 Å². The van der Waals surface area contributed by atoms with E-state index in [0.717, 1.165) is 0 Å². The molecule has 0 saturated heterocycles. The van der Waals surface area contributed by atoms with E-state index in [1.54, 1.807) is 36.4 Å². The Morgan fingerprint density at radius 3 is 2.29 bits per heavy atom. The molecule has 0 saturated carbocycles. The van der Waals surface area contributed by atoms with Crippen molar-refractivity contribution in [2.24, 2.45) is 0 Å². The number of fused-ring (bicyclic) bond motifs is 3. The second-order valence-corrected chi connectivity index (χ2v) is 7.86. The van der Waals surface area contributed by atoms with Gasteiger partial charge in [0.05, 0.1) is 26.2 Å². The summed E-state index contributed by atoms with van der Waals surface area (Å²) in [5.74, 6) is -1.26. The Kier molecular flexibility index (Phi) is 5.13. The van der Waals surface area contributed by atoms with Gasteiger partial charge >= 0.3 is 5.97 Å². The van der Waals surface area contributed by atoms with Crippen LogP contribution in [0.3, 0.4) is 0 Å². The smallest absolute Gasteiger partial charge is 0.312 e. The molecular formula is C26H20O8. The predicted octanol–water partition coefficient (Wildman–Crippen LogP) is 4.33. The van der Waals surface area contributed by atoms with Gasteiger partial charge < -0.3 is 28.8 Å². The van der Waals surface area contributed by atoms with Crippen LogP contribution in [-0.2, 0) is 4.79 Å². The van der Waals surface area contributed by atoms with Gasteiger partial charge in [0.1, 0.15) is 28.7 Å². The van der Waals surface area contributed by atoms with Crippen molar-refractivity contribution in [1.82, 2.24) is 0 Å². The Morgan fingerprint density at radius 1 is 0.971 bits per heavy atom. The van der Waals surface area contributed by atoms with Crippen molar-refractivity contribution < 1.29 is 33.6 Å². The fraction of sp³-hybridized carbons (Fsp3) is 0.154. The van der Waals surface area contributed by atoms with Crippen LogP contribution in [0.2, 0.25) is 0 Å². The fourth-order valence-corrected chi connectivity index (χ4v) is 4.35. The zero-order valence-corrected chi connectivity index (χ0v) is 18.3. The topological polar surface area (TPSA) is 115 Å². The average molecular weight is 460 g/mol. The average Bonchev–Trinajstić information content (AvgIpc) is 2.84. The summed E-state index contributed by atoms with van der Waals surface area (Å²) in [5.41, 5.74) is 1.64. The van der Waals surface area contributed by atoms with Crippen LogP contribution in [0, 0.1) is 0 Å². The SMILES string of the molecule is COc1cc(C2CC(=O)Oc3cc(O)c4c(=O)c(-c5ccccc5)coc4c32)cc(OC)c1O. The molecule has 0 radical (unpaired) electrons. The van der Waals surface area contributed by atoms with Gasteiger partial charge in [0, 0.05) is 17.5 Å². The number of ether oxygens (including phenoxy) is 3. The van der Waals surface area contributed by atoms with Crippen LogP contribution < -0.4 is 19.6 Å². The molecule has 0 spiro atoms. The highest BCUT2D eigenvalue weighted by atomic mass is 16.5. The van der Waals surface area contributed by atoms with Crippen molar-refractivity contribution in [1.29, 1.82) is 0 Å². The van der Waals surface area contributed by atoms with E-state index in [2.05, 4.69) is 0 Å². The number of hydrogen-bond donors (Lipinski definition) is 2. The number of aromatic hydroxyl groups is 2. The monoisotopic (exact) mass is 460 g/mol. The standard InChI is InChI=1S/C26H20O8/c1-31-19-8-14(9-20(32-2)25(19)30)15-10-21(28)34-18-11-17(27)23-24(29)16(12-33-26(23)22(15)18)13-6-4-3-5-7-13/h3-9,11-12,15,27,30H,10H2,1-2H3. The Balaban J connectivity index is 1.79. The molecule has 1 aliphatic rings. The van der Waals surface area contributed by atoms with E-state index in [1.165, 1.54) is 26.5 Å². The van der Waals surface area contributed by atoms with Crippen molar-refractivity contribution in [2.45, 2.75) is 12.3 Å². The molecule has 1 unspecified atom stereocenters. The second-order valence-electron chi connectivity index (χ2n) is 7.86. The molecule has 1 atom stereocenters. The molecule has 0 fully saturated rings. The number of carbonyl (C=O) groups is 1. The number of hydrogen-bond acceptors (Lipinski definition) is 8. The van der Waals surface area contributed by atoms with E-state index >= 15 is 0 Å². The molecule has 34 heavy (non-hydrogen) atoms. The molecule has 172 valence electrons. The predicted molar refractivity (Wildman–Crippen MR) is 123 cm³/mol. The van der Waals surface area contributed by atoms with E-state index in [0.29, 0.717) is 22.3 Å². The lowest BCUT2D eigenvalue weighted by Gasteiger charge is -2.26. The van der Waals surface area contributed by atoms with Crippen LogP contribution in [0.5, 0.6) is 28.7 Å². The summed E-state index contributed by atoms with van der Waals surface area (Å²) in [5, 5.41) is 21.0. The first-order chi connectivity index (χ1) is 16.4. The first-order valence-corrected chi connectivity index (χ1v) is 10.4. The number of phenolic OH excluding ortho intramolecular Hbond substituents is 2. The Bertz CT molecular complexity index is 1460. The molecular weight excluding hydrogens is 440 g/mol. The summed E-state index contributed by atoms with van der Waals surface area (Å²) in [6.07, 6.45) is 1.28. The van der Waals surface area contributed by atoms with Gasteiger partial charge in [-0.2, -0.15) is 0 Å². The molecule has 5 rings (SSSR count). The quantitative estimate of drug-likeness (QED) is 0.342. The van der Waals surface area contributed by atoms with E-state index in [-0.39, 0.29) is 46.1 Å². The lowest BCUT2D eigenvalue weighted by atomic mass is 9.84. The maximum atomic E-state index is 13.4. The Labute approximate surface area is 193 Å². The molecule has 3 aromatic carbocycles. The van der Waals surface area contributed by atoms with E-state index < -0.39 is 17.3 Å². The molecule has 0 amide bonds. The highest BCUT2D eigenvalue weighted by Gasteiger charge is 2.34. The molecule has 1 aromatic heterocycles. The van der Waals surface area contributed by atoms with Crippen LogP contribution in [0.4, 0.5) is 0 Å². The number of phenols is 2. The third kappa shape index (κ3) is 3.31. The van der Waals surface area contributed by atoms with Crippen LogP contribution >= 0.6 is 0 Å². The molecule has 2 N–H and O–H groups in total. The number of carbonyl (C=O) groups excluding carboxylic acids is 1. The minimum Gasteiger partial charge on any atom is -0.507 e. The first kappa shape index (κ1) is 21.4. The van der Waals surface area contributed by atoms with Gasteiger partial charge in [-0.25, -0.2) is 0 Å². The minimum atomic E-state index is -0.617. The maximum Gasteiger partial charge on any atom is 0.312 e. The Hall–Kier alpha value is -4.46. The van der Waals surface area contributed by atoms with Crippen molar-refractivity contribution >= 4 is 16.9 Å². The number of rotatable bonds is 4. The third-order valence-electron chi connectivity index (χ3n) is 5.96. The molecule has 1 aliphatic heterocycles. The van der Waals surface area contributed by atoms with Gasteiger partial charge in [-0.15, -0.1) is 0 Å². The van der Waals surface area contributed by atoms with Gasteiger partial charge in [0.25, 0.3) is 0 Å². The van der Waals surface area contributed by atoms with Crippen LogP contribution in [0.1, 0.15) is 23.5 Å². The lowest BCUT2D eigenvalue weighted by Crippen LogP contribution is -2.22. The first-order valence-electron chi connectivity index (χ1n) is 10.4. The van der Waals surface area contributed by atoms with Crippen molar-refractivity contribution in [2.75, 3.05) is 14.2 Å². The highest BCUT2D eigenvalue weighted by Crippen LogP contribution is 2.48. The zero-order chi connectivity index (χ0) is 24.0. The summed E-state index contributed by atoms with van der Waals surface area (Å²) < 4.78 is 21.8. The zero-order valence-electron chi connectivity index (χ0n) is 18.3. The normalized spacial score (nSPS) is 15.0. The summed E-state index contributed by atoms with van der Waals surface area (Å²) in [6, 6.07) is 13.4. The van der Waals surface area contributed by atoms with Gasteiger partial charge in [-0.05, 0) is 23.3 Å². The molecule has 0 bridgehead atoms. The number of methoxy groups -OCH3 is 2. The fourth-order valence-electron chi connectivity index (χ4n) is 4.35. The van der Waals surface area contributed by atoms with Crippen molar-refractivity contribution in [3.63, 3.8) is 0 Å². The van der Waals surface area contributed by atoms with Gasteiger partial charge in [-0.1, -0.05) is 30.3 Å².